The van der Waals surface area contributed by atoms with E-state index in [1.807, 2.05) is 0 Å². The van der Waals surface area contributed by atoms with Gasteiger partial charge in [-0.2, -0.15) is 0 Å². The fraction of sp³-hybridized carbons (Fsp3) is 0.920. The summed E-state index contributed by atoms with van der Waals surface area (Å²) in [5.74, 6) is -0.181. The second-order valence-electron chi connectivity index (χ2n) is 9.69. The van der Waals surface area contributed by atoms with E-state index in [1.165, 1.54) is 71.1 Å². The molecule has 2 aliphatic heterocycles. The van der Waals surface area contributed by atoms with Crippen molar-refractivity contribution in [3.05, 3.63) is 0 Å². The monoisotopic (exact) mass is 502 g/mol. The third-order valence-corrected chi connectivity index (χ3v) is 7.20. The molecule has 0 aromatic heterocycles. The summed E-state index contributed by atoms with van der Waals surface area (Å²) in [5, 5.41) is 33.8. The minimum Gasteiger partial charge on any atom is -0.466 e. The Morgan fingerprint density at radius 2 is 1.35 bits per heavy atom. The number of ether oxygens (including phenoxy) is 2. The van der Waals surface area contributed by atoms with E-state index in [0.717, 1.165) is 32.2 Å². The number of aliphatic hydroxyl groups excluding tert-OH is 3. The molecule has 34 heavy (non-hydrogen) atoms. The van der Waals surface area contributed by atoms with Crippen molar-refractivity contribution in [2.75, 3.05) is 19.8 Å². The van der Waals surface area contributed by atoms with Crippen molar-refractivity contribution in [1.82, 2.24) is 10.2 Å². The van der Waals surface area contributed by atoms with E-state index in [-0.39, 0.29) is 12.6 Å². The fourth-order valence-electron chi connectivity index (χ4n) is 4.79. The van der Waals surface area contributed by atoms with Crippen molar-refractivity contribution in [2.45, 2.75) is 127 Å². The SMILES string of the molecule is CC(=O)OCCCCCCCCCCCCCCCCNC(=S)N1[C@@H]2OC[C@H]1[C@@H](O)[C@H](O)[C@H]2O. The van der Waals surface area contributed by atoms with Crippen LogP contribution in [0.3, 0.4) is 0 Å². The highest BCUT2D eigenvalue weighted by Gasteiger charge is 2.53. The van der Waals surface area contributed by atoms with Gasteiger partial charge in [-0.25, -0.2) is 0 Å². The predicted octanol–water partition coefficient (Wildman–Crippen LogP) is 3.01. The minimum absolute atomic E-state index is 0.181. The zero-order valence-corrected chi connectivity index (χ0v) is 21.6. The van der Waals surface area contributed by atoms with Crippen LogP contribution in [0.2, 0.25) is 0 Å². The van der Waals surface area contributed by atoms with Gasteiger partial charge in [-0.05, 0) is 25.1 Å². The third-order valence-electron chi connectivity index (χ3n) is 6.84. The number of nitrogens with one attached hydrogen (secondary N) is 1. The Balaban J connectivity index is 1.35. The van der Waals surface area contributed by atoms with Gasteiger partial charge in [-0.3, -0.25) is 4.79 Å². The molecule has 0 unspecified atom stereocenters. The number of thiocarbonyl (C=S) groups is 1. The summed E-state index contributed by atoms with van der Waals surface area (Å²) in [6, 6.07) is -0.415. The predicted molar refractivity (Wildman–Crippen MR) is 135 cm³/mol. The molecule has 4 N–H and O–H groups in total. The molecule has 0 radical (unpaired) electrons. The zero-order chi connectivity index (χ0) is 24.8. The van der Waals surface area contributed by atoms with Crippen LogP contribution < -0.4 is 5.32 Å². The highest BCUT2D eigenvalue weighted by atomic mass is 32.1. The number of rotatable bonds is 17. The average molecular weight is 503 g/mol. The van der Waals surface area contributed by atoms with Crippen molar-refractivity contribution in [3.63, 3.8) is 0 Å². The molecule has 2 fully saturated rings. The second-order valence-corrected chi connectivity index (χ2v) is 10.1. The largest absolute Gasteiger partial charge is 0.466 e. The van der Waals surface area contributed by atoms with Crippen LogP contribution in [0, 0.1) is 0 Å². The topological polar surface area (TPSA) is 111 Å². The van der Waals surface area contributed by atoms with Gasteiger partial charge in [0.1, 0.15) is 18.3 Å². The van der Waals surface area contributed by atoms with Gasteiger partial charge < -0.3 is 35.0 Å². The minimum atomic E-state index is -1.20. The van der Waals surface area contributed by atoms with Crippen LogP contribution in [0.4, 0.5) is 0 Å². The number of hydrogen-bond acceptors (Lipinski definition) is 7. The van der Waals surface area contributed by atoms with Crippen molar-refractivity contribution in [1.29, 1.82) is 0 Å². The molecule has 2 heterocycles. The normalized spacial score (nSPS) is 26.0. The first-order valence-corrected chi connectivity index (χ1v) is 13.7. The molecule has 2 saturated heterocycles. The van der Waals surface area contributed by atoms with Crippen molar-refractivity contribution < 1.29 is 29.6 Å². The molecule has 0 aromatic rings. The Morgan fingerprint density at radius 1 is 0.853 bits per heavy atom. The van der Waals surface area contributed by atoms with E-state index in [1.54, 1.807) is 4.90 Å². The van der Waals surface area contributed by atoms with E-state index >= 15 is 0 Å². The third kappa shape index (κ3) is 9.93. The van der Waals surface area contributed by atoms with Crippen LogP contribution in [0.5, 0.6) is 0 Å². The molecule has 8 nitrogen and oxygen atoms in total. The van der Waals surface area contributed by atoms with E-state index < -0.39 is 30.6 Å². The van der Waals surface area contributed by atoms with Crippen LogP contribution in [0.25, 0.3) is 0 Å². The van der Waals surface area contributed by atoms with E-state index in [0.29, 0.717) is 11.7 Å². The Hall–Kier alpha value is -1.00. The summed E-state index contributed by atoms with van der Waals surface area (Å²) in [6.45, 7) is 3.03. The second kappa shape index (κ2) is 16.6. The lowest BCUT2D eigenvalue weighted by molar-refractivity contribution is -0.154. The summed E-state index contributed by atoms with van der Waals surface area (Å²) in [6.07, 6.45) is 13.1. The standard InChI is InChI=1S/C25H46N2O6S/c1-19(28)32-17-15-13-11-9-7-5-3-2-4-6-8-10-12-14-16-26-25(34)27-20-18-33-24(27)23(31)22(30)21(20)29/h20-24,29-31H,2-18H2,1H3,(H,26,34)/t20-,21+,22-,23+,24+/m0/s1. The first-order chi connectivity index (χ1) is 16.4. The quantitative estimate of drug-likeness (QED) is 0.135. The Labute approximate surface area is 210 Å². The van der Waals surface area contributed by atoms with Gasteiger partial charge in [0.25, 0.3) is 0 Å². The number of aliphatic hydroxyl groups is 3. The first kappa shape index (κ1) is 29.2. The lowest BCUT2D eigenvalue weighted by atomic mass is 9.95. The highest BCUT2D eigenvalue weighted by Crippen LogP contribution is 2.31. The number of carbonyl (C=O) groups is 1. The first-order valence-electron chi connectivity index (χ1n) is 13.3. The van der Waals surface area contributed by atoms with Crippen LogP contribution in [0.15, 0.2) is 0 Å². The maximum Gasteiger partial charge on any atom is 0.302 e. The number of piperidine rings is 1. The van der Waals surface area contributed by atoms with Crippen molar-refractivity contribution >= 4 is 23.3 Å². The Morgan fingerprint density at radius 3 is 1.88 bits per heavy atom. The van der Waals surface area contributed by atoms with Gasteiger partial charge in [0.15, 0.2) is 11.3 Å². The van der Waals surface area contributed by atoms with Gasteiger partial charge in [0, 0.05) is 13.5 Å². The van der Waals surface area contributed by atoms with Crippen LogP contribution in [-0.2, 0) is 14.3 Å². The van der Waals surface area contributed by atoms with Crippen molar-refractivity contribution in [3.8, 4) is 0 Å². The number of unbranched alkanes of at least 4 members (excludes halogenated alkanes) is 13. The van der Waals surface area contributed by atoms with E-state index in [9.17, 15) is 20.1 Å². The number of hydrogen-bond donors (Lipinski definition) is 4. The molecule has 0 saturated carbocycles. The molecule has 0 spiro atoms. The van der Waals surface area contributed by atoms with Crippen LogP contribution in [0.1, 0.15) is 96.8 Å². The number of carbonyl (C=O) groups excluding carboxylic acids is 1. The molecule has 5 atom stereocenters. The smallest absolute Gasteiger partial charge is 0.302 e. The highest BCUT2D eigenvalue weighted by molar-refractivity contribution is 7.80. The van der Waals surface area contributed by atoms with Gasteiger partial charge >= 0.3 is 5.97 Å². The number of esters is 1. The Kier molecular flexibility index (Phi) is 14.3. The molecule has 0 aromatic carbocycles. The number of nitrogens with zero attached hydrogens (tertiary/aromatic N) is 1. The van der Waals surface area contributed by atoms with Crippen LogP contribution in [-0.4, -0.2) is 81.6 Å². The molecule has 0 aliphatic carbocycles. The molecule has 2 aliphatic rings. The summed E-state index contributed by atoms with van der Waals surface area (Å²) in [4.78, 5) is 12.4. The van der Waals surface area contributed by atoms with Gasteiger partial charge in [-0.1, -0.05) is 77.0 Å². The summed E-state index contributed by atoms with van der Waals surface area (Å²) < 4.78 is 10.5. The molecule has 0 amide bonds. The lowest BCUT2D eigenvalue weighted by Crippen LogP contribution is -2.65. The summed E-state index contributed by atoms with van der Waals surface area (Å²) >= 11 is 5.45. The Bertz CT molecular complexity index is 578. The molecule has 198 valence electrons. The molecule has 2 rings (SSSR count). The van der Waals surface area contributed by atoms with Gasteiger partial charge in [-0.15, -0.1) is 0 Å². The van der Waals surface area contributed by atoms with Gasteiger partial charge in [0.05, 0.1) is 19.3 Å². The van der Waals surface area contributed by atoms with Crippen LogP contribution >= 0.6 is 12.2 Å². The maximum atomic E-state index is 10.7. The lowest BCUT2D eigenvalue weighted by Gasteiger charge is -2.42. The van der Waals surface area contributed by atoms with Crippen molar-refractivity contribution in [2.24, 2.45) is 0 Å². The molecular formula is C25H46N2O6S. The fourth-order valence-corrected chi connectivity index (χ4v) is 5.13. The van der Waals surface area contributed by atoms with E-state index in [2.05, 4.69) is 5.32 Å². The molecule has 9 heteroatoms. The summed E-state index contributed by atoms with van der Waals surface area (Å²) in [5.41, 5.74) is 0. The number of fused-ring (bicyclic) bond motifs is 2. The molecule has 2 bridgehead atoms. The van der Waals surface area contributed by atoms with Gasteiger partial charge in [0.2, 0.25) is 0 Å². The summed E-state index contributed by atoms with van der Waals surface area (Å²) in [7, 11) is 0. The molecular weight excluding hydrogens is 456 g/mol. The van der Waals surface area contributed by atoms with E-state index in [4.69, 9.17) is 21.7 Å². The average Bonchev–Trinajstić information content (AvgIpc) is 3.22. The zero-order valence-electron chi connectivity index (χ0n) is 20.8. The maximum absolute atomic E-state index is 10.7.